The number of carbonyl (C=O) groups excluding carboxylic acids is 2. The van der Waals surface area contributed by atoms with E-state index in [0.29, 0.717) is 24.5 Å². The van der Waals surface area contributed by atoms with Crippen LogP contribution >= 0.6 is 0 Å². The molecular weight excluding hydrogens is 449 g/mol. The highest BCUT2D eigenvalue weighted by Gasteiger charge is 2.33. The van der Waals surface area contributed by atoms with Crippen LogP contribution in [0.5, 0.6) is 0 Å². The number of hydrogen-bond donors (Lipinski definition) is 1. The number of amides is 2. The first kappa shape index (κ1) is 22.8. The maximum Gasteiger partial charge on any atom is 0.414 e. The Hall–Kier alpha value is -4.01. The maximum absolute atomic E-state index is 15.1. The number of carbonyl (C=O) groups is 2. The number of anilines is 3. The van der Waals surface area contributed by atoms with Crippen molar-refractivity contribution >= 4 is 29.1 Å². The molecular formula is C26H28FN5O3. The summed E-state index contributed by atoms with van der Waals surface area (Å²) in [6.07, 6.45) is 3.04. The molecule has 0 saturated carbocycles. The van der Waals surface area contributed by atoms with Crippen molar-refractivity contribution in [2.24, 2.45) is 0 Å². The van der Waals surface area contributed by atoms with Gasteiger partial charge in [0.25, 0.3) is 0 Å². The molecule has 2 fully saturated rings. The number of nitrogens with one attached hydrogen (secondary N) is 1. The molecule has 35 heavy (non-hydrogen) atoms. The fourth-order valence-corrected chi connectivity index (χ4v) is 4.56. The summed E-state index contributed by atoms with van der Waals surface area (Å²) in [4.78, 5) is 29.1. The van der Waals surface area contributed by atoms with E-state index in [1.54, 1.807) is 12.1 Å². The van der Waals surface area contributed by atoms with Gasteiger partial charge in [0.15, 0.2) is 0 Å². The summed E-state index contributed by atoms with van der Waals surface area (Å²) in [5.41, 5.74) is 3.24. The largest absolute Gasteiger partial charge is 0.442 e. The molecule has 2 amide bonds. The lowest BCUT2D eigenvalue weighted by atomic mass is 10.2. The number of halogens is 1. The van der Waals surface area contributed by atoms with E-state index in [9.17, 15) is 9.59 Å². The smallest absolute Gasteiger partial charge is 0.414 e. The molecule has 0 bridgehead atoms. The van der Waals surface area contributed by atoms with Gasteiger partial charge in [-0.25, -0.2) is 9.18 Å². The summed E-state index contributed by atoms with van der Waals surface area (Å²) >= 11 is 0. The van der Waals surface area contributed by atoms with Gasteiger partial charge in [-0.3, -0.25) is 9.69 Å². The molecule has 9 heteroatoms. The van der Waals surface area contributed by atoms with Gasteiger partial charge in [-0.15, -0.1) is 0 Å². The highest BCUT2D eigenvalue weighted by Crippen LogP contribution is 2.29. The first-order valence-electron chi connectivity index (χ1n) is 11.7. The van der Waals surface area contributed by atoms with Crippen LogP contribution < -0.4 is 20.0 Å². The van der Waals surface area contributed by atoms with E-state index >= 15 is 4.39 Å². The highest BCUT2D eigenvalue weighted by molar-refractivity contribution is 5.90. The standard InChI is InChI=1S/C26H28FN5O3/c1-19(33)28-17-23-18-32(26(34)35-23)22-8-9-25(24(27)16-22)31-14-12-30(13-15-31)21-6-4-20(5-7-21)29-10-2-3-11-29/h2-11,16,23H,12-15,17-18H2,1H3,(H,28,33)/t23-/m0/s1. The zero-order valence-corrected chi connectivity index (χ0v) is 19.6. The molecule has 2 aromatic carbocycles. The van der Waals surface area contributed by atoms with Gasteiger partial charge in [0.2, 0.25) is 5.91 Å². The number of benzene rings is 2. The van der Waals surface area contributed by atoms with Crippen LogP contribution in [0, 0.1) is 5.82 Å². The van der Waals surface area contributed by atoms with Crippen molar-refractivity contribution in [1.82, 2.24) is 9.88 Å². The third-order valence-corrected chi connectivity index (χ3v) is 6.43. The minimum absolute atomic E-state index is 0.191. The zero-order chi connectivity index (χ0) is 24.4. The van der Waals surface area contributed by atoms with Gasteiger partial charge >= 0.3 is 6.09 Å². The van der Waals surface area contributed by atoms with Crippen LogP contribution in [0.3, 0.4) is 0 Å². The molecule has 1 N–H and O–H groups in total. The summed E-state index contributed by atoms with van der Waals surface area (Å²) in [5.74, 6) is -0.561. The van der Waals surface area contributed by atoms with Crippen LogP contribution in [0.25, 0.3) is 5.69 Å². The Morgan fingerprint density at radius 3 is 2.26 bits per heavy atom. The Bertz CT molecular complexity index is 1190. The van der Waals surface area contributed by atoms with Crippen molar-refractivity contribution in [2.45, 2.75) is 13.0 Å². The minimum atomic E-state index is -0.538. The Balaban J connectivity index is 1.19. The second kappa shape index (κ2) is 9.69. The number of rotatable bonds is 6. The summed E-state index contributed by atoms with van der Waals surface area (Å²) in [6.45, 7) is 4.86. The molecule has 1 atom stereocenters. The van der Waals surface area contributed by atoms with Gasteiger partial charge in [0.05, 0.1) is 24.5 Å². The molecule has 2 saturated heterocycles. The predicted molar refractivity (Wildman–Crippen MR) is 133 cm³/mol. The van der Waals surface area contributed by atoms with Gasteiger partial charge in [-0.2, -0.15) is 0 Å². The van der Waals surface area contributed by atoms with Crippen molar-refractivity contribution in [1.29, 1.82) is 0 Å². The van der Waals surface area contributed by atoms with Crippen LogP contribution in [0.1, 0.15) is 6.92 Å². The van der Waals surface area contributed by atoms with E-state index in [4.69, 9.17) is 4.74 Å². The normalized spacial score (nSPS) is 18.1. The highest BCUT2D eigenvalue weighted by atomic mass is 19.1. The quantitative estimate of drug-likeness (QED) is 0.589. The summed E-state index contributed by atoms with van der Waals surface area (Å²) < 4.78 is 22.4. The van der Waals surface area contributed by atoms with E-state index in [0.717, 1.165) is 24.5 Å². The lowest BCUT2D eigenvalue weighted by Gasteiger charge is -2.37. The SMILES string of the molecule is CC(=O)NC[C@H]1CN(c2ccc(N3CCN(c4ccc(-n5cccc5)cc4)CC3)c(F)c2)C(=O)O1. The van der Waals surface area contributed by atoms with Gasteiger partial charge in [0.1, 0.15) is 11.9 Å². The van der Waals surface area contributed by atoms with E-state index < -0.39 is 12.2 Å². The molecule has 2 aliphatic heterocycles. The van der Waals surface area contributed by atoms with Crippen LogP contribution in [0.15, 0.2) is 67.0 Å². The van der Waals surface area contributed by atoms with Crippen molar-refractivity contribution in [3.05, 3.63) is 72.8 Å². The molecule has 0 aliphatic carbocycles. The predicted octanol–water partition coefficient (Wildman–Crippen LogP) is 3.40. The lowest BCUT2D eigenvalue weighted by Crippen LogP contribution is -2.46. The third kappa shape index (κ3) is 4.94. The van der Waals surface area contributed by atoms with Crippen LogP contribution in [-0.2, 0) is 9.53 Å². The Labute approximate surface area is 203 Å². The zero-order valence-electron chi connectivity index (χ0n) is 19.6. The summed E-state index contributed by atoms with van der Waals surface area (Å²) in [7, 11) is 0. The monoisotopic (exact) mass is 477 g/mol. The molecule has 182 valence electrons. The molecule has 3 heterocycles. The van der Waals surface area contributed by atoms with Gasteiger partial charge in [-0.1, -0.05) is 0 Å². The lowest BCUT2D eigenvalue weighted by molar-refractivity contribution is -0.119. The number of aromatic nitrogens is 1. The fourth-order valence-electron chi connectivity index (χ4n) is 4.56. The second-order valence-electron chi connectivity index (χ2n) is 8.77. The van der Waals surface area contributed by atoms with Crippen molar-refractivity contribution in [3.8, 4) is 5.69 Å². The van der Waals surface area contributed by atoms with Crippen LogP contribution in [-0.4, -0.2) is 61.9 Å². The molecule has 0 spiro atoms. The Morgan fingerprint density at radius 2 is 1.60 bits per heavy atom. The van der Waals surface area contributed by atoms with E-state index in [1.807, 2.05) is 29.4 Å². The Kier molecular flexibility index (Phi) is 6.31. The van der Waals surface area contributed by atoms with E-state index in [1.165, 1.54) is 17.9 Å². The van der Waals surface area contributed by atoms with Crippen LogP contribution in [0.2, 0.25) is 0 Å². The van der Waals surface area contributed by atoms with Crippen LogP contribution in [0.4, 0.5) is 26.2 Å². The average molecular weight is 478 g/mol. The molecule has 5 rings (SSSR count). The number of piperazine rings is 1. The molecule has 8 nitrogen and oxygen atoms in total. The van der Waals surface area contributed by atoms with Gasteiger partial charge < -0.3 is 24.4 Å². The number of cyclic esters (lactones) is 1. The molecule has 0 radical (unpaired) electrons. The van der Waals surface area contributed by atoms with Crippen molar-refractivity contribution in [2.75, 3.05) is 54.0 Å². The first-order valence-corrected chi connectivity index (χ1v) is 11.7. The van der Waals surface area contributed by atoms with E-state index in [2.05, 4.69) is 39.0 Å². The summed E-state index contributed by atoms with van der Waals surface area (Å²) in [5, 5.41) is 2.64. The van der Waals surface area contributed by atoms with Crippen molar-refractivity contribution in [3.63, 3.8) is 0 Å². The maximum atomic E-state index is 15.1. The first-order chi connectivity index (χ1) is 17.0. The topological polar surface area (TPSA) is 70.1 Å². The summed E-state index contributed by atoms with van der Waals surface area (Å²) in [6, 6.07) is 17.3. The second-order valence-corrected chi connectivity index (χ2v) is 8.77. The average Bonchev–Trinajstić information content (AvgIpc) is 3.53. The minimum Gasteiger partial charge on any atom is -0.442 e. The molecule has 0 unspecified atom stereocenters. The fraction of sp³-hybridized carbons (Fsp3) is 0.308. The number of nitrogens with zero attached hydrogens (tertiary/aromatic N) is 4. The van der Waals surface area contributed by atoms with Gasteiger partial charge in [-0.05, 0) is 54.6 Å². The number of ether oxygens (including phenoxy) is 1. The molecule has 1 aromatic heterocycles. The Morgan fingerprint density at radius 1 is 0.971 bits per heavy atom. The molecule has 3 aromatic rings. The van der Waals surface area contributed by atoms with Gasteiger partial charge in [0, 0.05) is 56.9 Å². The van der Waals surface area contributed by atoms with E-state index in [-0.39, 0.29) is 24.8 Å². The third-order valence-electron chi connectivity index (χ3n) is 6.43. The van der Waals surface area contributed by atoms with Crippen molar-refractivity contribution < 1.29 is 18.7 Å². The number of hydrogen-bond acceptors (Lipinski definition) is 5. The molecule has 2 aliphatic rings.